The van der Waals surface area contributed by atoms with Crippen LogP contribution in [0.2, 0.25) is 5.02 Å². The summed E-state index contributed by atoms with van der Waals surface area (Å²) in [7, 11) is 0. The number of carbonyl (C=O) groups excluding carboxylic acids is 1. The van der Waals surface area contributed by atoms with Crippen molar-refractivity contribution < 1.29 is 9.72 Å². The number of hydrogen-bond acceptors (Lipinski definition) is 3. The molecule has 1 aromatic carbocycles. The predicted octanol–water partition coefficient (Wildman–Crippen LogP) is 2.78. The maximum absolute atomic E-state index is 11.4. The highest BCUT2D eigenvalue weighted by molar-refractivity contribution is 6.31. The van der Waals surface area contributed by atoms with E-state index in [-0.39, 0.29) is 11.4 Å². The van der Waals surface area contributed by atoms with Gasteiger partial charge >= 0.3 is 6.03 Å². The fourth-order valence-electron chi connectivity index (χ4n) is 1.17. The zero-order chi connectivity index (χ0) is 12.8. The highest BCUT2D eigenvalue weighted by atomic mass is 35.5. The standard InChI is InChI=1S/C10H12ClN3O3/c1-2-5-12-10(15)13-8-6-7(11)3-4-9(8)14(16)17/h3-4,6H,2,5H2,1H3,(H2,12,13,15). The Morgan fingerprint density at radius 1 is 1.53 bits per heavy atom. The van der Waals surface area contributed by atoms with Crippen LogP contribution in [-0.2, 0) is 0 Å². The van der Waals surface area contributed by atoms with Crippen molar-refractivity contribution in [2.45, 2.75) is 13.3 Å². The third-order valence-corrected chi connectivity index (χ3v) is 2.17. The molecule has 2 amide bonds. The molecule has 0 fully saturated rings. The average molecular weight is 258 g/mol. The molecule has 0 radical (unpaired) electrons. The number of urea groups is 1. The van der Waals surface area contributed by atoms with E-state index in [1.54, 1.807) is 0 Å². The second-order valence-corrected chi connectivity index (χ2v) is 3.74. The molecule has 1 rings (SSSR count). The molecule has 0 atom stereocenters. The zero-order valence-corrected chi connectivity index (χ0v) is 9.95. The third-order valence-electron chi connectivity index (χ3n) is 1.94. The highest BCUT2D eigenvalue weighted by Gasteiger charge is 2.15. The van der Waals surface area contributed by atoms with E-state index in [0.717, 1.165) is 6.42 Å². The number of hydrogen-bond donors (Lipinski definition) is 2. The quantitative estimate of drug-likeness (QED) is 0.642. The number of nitrogens with zero attached hydrogens (tertiary/aromatic N) is 1. The number of benzene rings is 1. The third kappa shape index (κ3) is 3.92. The van der Waals surface area contributed by atoms with E-state index in [1.165, 1.54) is 18.2 Å². The van der Waals surface area contributed by atoms with Gasteiger partial charge in [0.1, 0.15) is 5.69 Å². The summed E-state index contributed by atoms with van der Waals surface area (Å²) in [5.74, 6) is 0. The van der Waals surface area contributed by atoms with Gasteiger partial charge in [-0.05, 0) is 18.6 Å². The largest absolute Gasteiger partial charge is 0.338 e. The molecule has 0 spiro atoms. The molecule has 0 bridgehead atoms. The fourth-order valence-corrected chi connectivity index (χ4v) is 1.34. The molecular weight excluding hydrogens is 246 g/mol. The molecule has 0 aliphatic heterocycles. The van der Waals surface area contributed by atoms with Crippen molar-refractivity contribution in [1.29, 1.82) is 0 Å². The summed E-state index contributed by atoms with van der Waals surface area (Å²) in [5, 5.41) is 16.0. The molecule has 6 nitrogen and oxygen atoms in total. The second-order valence-electron chi connectivity index (χ2n) is 3.30. The topological polar surface area (TPSA) is 84.3 Å². The Kier molecular flexibility index (Phi) is 4.71. The second kappa shape index (κ2) is 6.05. The maximum atomic E-state index is 11.4. The molecule has 0 heterocycles. The Bertz CT molecular complexity index is 437. The van der Waals surface area contributed by atoms with Gasteiger partial charge < -0.3 is 10.6 Å². The van der Waals surface area contributed by atoms with Crippen LogP contribution >= 0.6 is 11.6 Å². The van der Waals surface area contributed by atoms with Crippen LogP contribution in [0, 0.1) is 10.1 Å². The van der Waals surface area contributed by atoms with Gasteiger partial charge in [0.15, 0.2) is 0 Å². The number of anilines is 1. The van der Waals surface area contributed by atoms with Crippen molar-refractivity contribution in [3.05, 3.63) is 33.3 Å². The Hall–Kier alpha value is -1.82. The van der Waals surface area contributed by atoms with E-state index in [1.807, 2.05) is 6.92 Å². The van der Waals surface area contributed by atoms with Crippen LogP contribution in [-0.4, -0.2) is 17.5 Å². The van der Waals surface area contributed by atoms with Crippen molar-refractivity contribution in [3.8, 4) is 0 Å². The van der Waals surface area contributed by atoms with Crippen LogP contribution in [0.3, 0.4) is 0 Å². The lowest BCUT2D eigenvalue weighted by molar-refractivity contribution is -0.383. The number of amides is 2. The minimum Gasteiger partial charge on any atom is -0.338 e. The number of halogens is 1. The van der Waals surface area contributed by atoms with E-state index in [4.69, 9.17) is 11.6 Å². The molecule has 1 aromatic rings. The molecule has 17 heavy (non-hydrogen) atoms. The van der Waals surface area contributed by atoms with Gasteiger partial charge in [0, 0.05) is 17.6 Å². The van der Waals surface area contributed by atoms with Gasteiger partial charge in [0.05, 0.1) is 4.92 Å². The van der Waals surface area contributed by atoms with Gasteiger partial charge in [-0.2, -0.15) is 0 Å². The number of nitrogens with one attached hydrogen (secondary N) is 2. The SMILES string of the molecule is CCCNC(=O)Nc1cc(Cl)ccc1[N+](=O)[O-]. The van der Waals surface area contributed by atoms with E-state index >= 15 is 0 Å². The molecule has 0 saturated heterocycles. The molecule has 0 aliphatic rings. The molecule has 7 heteroatoms. The first-order valence-electron chi connectivity index (χ1n) is 5.03. The number of nitro groups is 1. The Balaban J connectivity index is 2.85. The van der Waals surface area contributed by atoms with E-state index in [9.17, 15) is 14.9 Å². The van der Waals surface area contributed by atoms with Crippen LogP contribution < -0.4 is 10.6 Å². The fraction of sp³-hybridized carbons (Fsp3) is 0.300. The summed E-state index contributed by atoms with van der Waals surface area (Å²) in [4.78, 5) is 21.5. The van der Waals surface area contributed by atoms with Gasteiger partial charge in [-0.1, -0.05) is 18.5 Å². The van der Waals surface area contributed by atoms with Gasteiger partial charge in [-0.3, -0.25) is 10.1 Å². The lowest BCUT2D eigenvalue weighted by atomic mass is 10.2. The number of nitro benzene ring substituents is 1. The van der Waals surface area contributed by atoms with Crippen LogP contribution in [0.1, 0.15) is 13.3 Å². The van der Waals surface area contributed by atoms with Crippen molar-refractivity contribution in [3.63, 3.8) is 0 Å². The van der Waals surface area contributed by atoms with E-state index in [0.29, 0.717) is 11.6 Å². The number of carbonyl (C=O) groups is 1. The molecule has 2 N–H and O–H groups in total. The molecule has 0 unspecified atom stereocenters. The van der Waals surface area contributed by atoms with Crippen LogP contribution in [0.5, 0.6) is 0 Å². The van der Waals surface area contributed by atoms with Gasteiger partial charge in [0.25, 0.3) is 5.69 Å². The summed E-state index contributed by atoms with van der Waals surface area (Å²) < 4.78 is 0. The summed E-state index contributed by atoms with van der Waals surface area (Å²) in [6.45, 7) is 2.41. The van der Waals surface area contributed by atoms with Gasteiger partial charge in [-0.25, -0.2) is 4.79 Å². The first kappa shape index (κ1) is 13.2. The normalized spacial score (nSPS) is 9.76. The lowest BCUT2D eigenvalue weighted by Crippen LogP contribution is -2.29. The predicted molar refractivity (Wildman–Crippen MR) is 65.4 cm³/mol. The highest BCUT2D eigenvalue weighted by Crippen LogP contribution is 2.27. The van der Waals surface area contributed by atoms with Crippen LogP contribution in [0.15, 0.2) is 18.2 Å². The van der Waals surface area contributed by atoms with Crippen LogP contribution in [0.25, 0.3) is 0 Å². The van der Waals surface area contributed by atoms with E-state index in [2.05, 4.69) is 10.6 Å². The summed E-state index contributed by atoms with van der Waals surface area (Å²) in [5.41, 5.74) is -0.114. The van der Waals surface area contributed by atoms with E-state index < -0.39 is 11.0 Å². The minimum atomic E-state index is -0.578. The van der Waals surface area contributed by atoms with Gasteiger partial charge in [0.2, 0.25) is 0 Å². The summed E-state index contributed by atoms with van der Waals surface area (Å²) >= 11 is 5.72. The molecular formula is C10H12ClN3O3. The lowest BCUT2D eigenvalue weighted by Gasteiger charge is -2.07. The minimum absolute atomic E-state index is 0.0797. The molecule has 0 aliphatic carbocycles. The first-order chi connectivity index (χ1) is 8.04. The molecule has 0 saturated carbocycles. The summed E-state index contributed by atoms with van der Waals surface area (Å²) in [6, 6.07) is 3.50. The monoisotopic (exact) mass is 257 g/mol. The van der Waals surface area contributed by atoms with Gasteiger partial charge in [-0.15, -0.1) is 0 Å². The van der Waals surface area contributed by atoms with Crippen molar-refractivity contribution >= 4 is 29.0 Å². The maximum Gasteiger partial charge on any atom is 0.319 e. The Morgan fingerprint density at radius 3 is 2.82 bits per heavy atom. The smallest absolute Gasteiger partial charge is 0.319 e. The average Bonchev–Trinajstić information content (AvgIpc) is 2.26. The Morgan fingerprint density at radius 2 is 2.24 bits per heavy atom. The van der Waals surface area contributed by atoms with Crippen LogP contribution in [0.4, 0.5) is 16.2 Å². The Labute approximate surface area is 103 Å². The zero-order valence-electron chi connectivity index (χ0n) is 9.20. The molecule has 92 valence electrons. The van der Waals surface area contributed by atoms with Crippen molar-refractivity contribution in [2.24, 2.45) is 0 Å². The summed E-state index contributed by atoms with van der Waals surface area (Å²) in [6.07, 6.45) is 0.783. The first-order valence-corrected chi connectivity index (χ1v) is 5.41. The number of rotatable bonds is 4. The van der Waals surface area contributed by atoms with Crippen molar-refractivity contribution in [2.75, 3.05) is 11.9 Å². The molecule has 0 aromatic heterocycles. The van der Waals surface area contributed by atoms with Crippen molar-refractivity contribution in [1.82, 2.24) is 5.32 Å².